The zero-order chi connectivity index (χ0) is 19.3. The molecule has 0 bridgehead atoms. The van der Waals surface area contributed by atoms with Crippen LogP contribution in [-0.2, 0) is 6.54 Å². The average Bonchev–Trinajstić information content (AvgIpc) is 2.61. The van der Waals surface area contributed by atoms with E-state index in [0.717, 1.165) is 25.3 Å². The van der Waals surface area contributed by atoms with Gasteiger partial charge in [-0.1, -0.05) is 13.3 Å². The fraction of sp³-hybridized carbons (Fsp3) is 0.647. The molecule has 1 heterocycles. The maximum absolute atomic E-state index is 12.5. The van der Waals surface area contributed by atoms with Gasteiger partial charge in [0.1, 0.15) is 0 Å². The summed E-state index contributed by atoms with van der Waals surface area (Å²) in [5.74, 6) is -0.364. The van der Waals surface area contributed by atoms with E-state index in [9.17, 15) is 24.0 Å². The zero-order valence-corrected chi connectivity index (χ0v) is 14.9. The first-order chi connectivity index (χ1) is 12.4. The number of nitrogens with zero attached hydrogens (tertiary/aromatic N) is 2. The van der Waals surface area contributed by atoms with Crippen molar-refractivity contribution in [1.29, 1.82) is 0 Å². The minimum absolute atomic E-state index is 0.00972. The number of benzene rings is 1. The van der Waals surface area contributed by atoms with Crippen LogP contribution in [0.25, 0.3) is 0 Å². The van der Waals surface area contributed by atoms with E-state index in [2.05, 4.69) is 4.74 Å². The van der Waals surface area contributed by atoms with Crippen LogP contribution < -0.4 is 9.47 Å². The summed E-state index contributed by atoms with van der Waals surface area (Å²) in [5, 5.41) is 21.7. The number of hydrogen-bond donors (Lipinski definition) is 1. The van der Waals surface area contributed by atoms with Crippen molar-refractivity contribution in [3.63, 3.8) is 0 Å². The fourth-order valence-electron chi connectivity index (χ4n) is 3.38. The summed E-state index contributed by atoms with van der Waals surface area (Å²) in [4.78, 5) is 12.8. The predicted molar refractivity (Wildman–Crippen MR) is 90.6 cm³/mol. The molecule has 1 aliphatic rings. The highest BCUT2D eigenvalue weighted by atomic mass is 19.3. The van der Waals surface area contributed by atoms with Crippen LogP contribution in [0.4, 0.5) is 14.5 Å². The van der Waals surface area contributed by atoms with Gasteiger partial charge in [0.2, 0.25) is 0 Å². The number of aliphatic hydroxyl groups excluding tert-OH is 1. The lowest BCUT2D eigenvalue weighted by Crippen LogP contribution is -2.46. The molecule has 2 rings (SSSR count). The highest BCUT2D eigenvalue weighted by Gasteiger charge is 2.30. The predicted octanol–water partition coefficient (Wildman–Crippen LogP) is 3.33. The number of likely N-dealkylation sites (tertiary alicyclic amines) is 1. The van der Waals surface area contributed by atoms with E-state index in [1.807, 2.05) is 11.8 Å². The first-order valence-electron chi connectivity index (χ1n) is 8.59. The van der Waals surface area contributed by atoms with Gasteiger partial charge in [-0.25, -0.2) is 0 Å². The topological polar surface area (TPSA) is 85.1 Å². The summed E-state index contributed by atoms with van der Waals surface area (Å²) in [6, 6.07) is 2.24. The molecule has 9 heteroatoms. The monoisotopic (exact) mass is 374 g/mol. The van der Waals surface area contributed by atoms with Crippen molar-refractivity contribution in [3.8, 4) is 11.5 Å². The van der Waals surface area contributed by atoms with Gasteiger partial charge in [-0.3, -0.25) is 15.0 Å². The molecule has 146 valence electrons. The van der Waals surface area contributed by atoms with E-state index >= 15 is 0 Å². The lowest BCUT2D eigenvalue weighted by molar-refractivity contribution is -0.385. The lowest BCUT2D eigenvalue weighted by Gasteiger charge is -2.38. The van der Waals surface area contributed by atoms with Crippen LogP contribution in [0.15, 0.2) is 12.1 Å². The number of piperidine rings is 1. The van der Waals surface area contributed by atoms with Gasteiger partial charge in [-0.2, -0.15) is 8.78 Å². The summed E-state index contributed by atoms with van der Waals surface area (Å²) in [6.07, 6.45) is 2.81. The third-order valence-electron chi connectivity index (χ3n) is 4.68. The Labute approximate surface area is 150 Å². The van der Waals surface area contributed by atoms with Crippen molar-refractivity contribution in [3.05, 3.63) is 27.8 Å². The summed E-state index contributed by atoms with van der Waals surface area (Å²) >= 11 is 0. The second kappa shape index (κ2) is 9.09. The first-order valence-corrected chi connectivity index (χ1v) is 8.59. The van der Waals surface area contributed by atoms with E-state index in [1.165, 1.54) is 13.2 Å². The van der Waals surface area contributed by atoms with Gasteiger partial charge in [-0.05, 0) is 31.9 Å². The van der Waals surface area contributed by atoms with Crippen LogP contribution in [0, 0.1) is 10.1 Å². The fourth-order valence-corrected chi connectivity index (χ4v) is 3.38. The molecule has 1 aromatic carbocycles. The van der Waals surface area contributed by atoms with E-state index < -0.39 is 17.6 Å². The number of rotatable bonds is 8. The van der Waals surface area contributed by atoms with Gasteiger partial charge in [0, 0.05) is 18.2 Å². The molecule has 1 fully saturated rings. The lowest BCUT2D eigenvalue weighted by atomic mass is 9.95. The van der Waals surface area contributed by atoms with Crippen LogP contribution in [-0.4, -0.2) is 47.3 Å². The summed E-state index contributed by atoms with van der Waals surface area (Å²) in [6.45, 7) is -0.292. The smallest absolute Gasteiger partial charge is 0.387 e. The molecule has 0 amide bonds. The SMILES string of the molecule is CCC(O)C1CCCCN1Cc1cc(OC)c(OC(F)F)cc1[N+](=O)[O-]. The van der Waals surface area contributed by atoms with Crippen molar-refractivity contribution in [1.82, 2.24) is 4.90 Å². The molecule has 0 aromatic heterocycles. The van der Waals surface area contributed by atoms with Gasteiger partial charge >= 0.3 is 6.61 Å². The Morgan fingerprint density at radius 2 is 2.12 bits per heavy atom. The Morgan fingerprint density at radius 3 is 2.69 bits per heavy atom. The van der Waals surface area contributed by atoms with Crippen LogP contribution in [0.5, 0.6) is 11.5 Å². The molecule has 0 spiro atoms. The van der Waals surface area contributed by atoms with Crippen molar-refractivity contribution in [2.75, 3.05) is 13.7 Å². The molecule has 1 N–H and O–H groups in total. The molecule has 2 unspecified atom stereocenters. The molecule has 0 aliphatic carbocycles. The van der Waals surface area contributed by atoms with Gasteiger partial charge < -0.3 is 14.6 Å². The quantitative estimate of drug-likeness (QED) is 0.555. The highest BCUT2D eigenvalue weighted by Crippen LogP contribution is 2.37. The minimum Gasteiger partial charge on any atom is -0.493 e. The van der Waals surface area contributed by atoms with Crippen LogP contribution >= 0.6 is 0 Å². The van der Waals surface area contributed by atoms with Gasteiger partial charge in [0.05, 0.1) is 24.2 Å². The van der Waals surface area contributed by atoms with E-state index in [4.69, 9.17) is 4.74 Å². The van der Waals surface area contributed by atoms with E-state index in [1.54, 1.807) is 0 Å². The molecular weight excluding hydrogens is 350 g/mol. The Bertz CT molecular complexity index is 629. The van der Waals surface area contributed by atoms with Gasteiger partial charge in [0.15, 0.2) is 11.5 Å². The summed E-state index contributed by atoms with van der Waals surface area (Å²) < 4.78 is 34.5. The van der Waals surface area contributed by atoms with Gasteiger partial charge in [0.25, 0.3) is 5.69 Å². The van der Waals surface area contributed by atoms with Crippen molar-refractivity contribution in [2.24, 2.45) is 0 Å². The van der Waals surface area contributed by atoms with Gasteiger partial charge in [-0.15, -0.1) is 0 Å². The van der Waals surface area contributed by atoms with Crippen molar-refractivity contribution >= 4 is 5.69 Å². The molecule has 1 aromatic rings. The molecule has 0 saturated carbocycles. The van der Waals surface area contributed by atoms with E-state index in [-0.39, 0.29) is 29.8 Å². The Kier molecular flexibility index (Phi) is 7.10. The number of halogens is 2. The normalized spacial score (nSPS) is 19.4. The zero-order valence-electron chi connectivity index (χ0n) is 14.9. The second-order valence-electron chi connectivity index (χ2n) is 6.28. The van der Waals surface area contributed by atoms with Crippen molar-refractivity contribution in [2.45, 2.75) is 57.9 Å². The number of nitro groups is 1. The second-order valence-corrected chi connectivity index (χ2v) is 6.28. The molecule has 1 aliphatic heterocycles. The summed E-state index contributed by atoms with van der Waals surface area (Å²) in [5.41, 5.74) is 0.0282. The number of hydrogen-bond acceptors (Lipinski definition) is 6. The van der Waals surface area contributed by atoms with E-state index in [0.29, 0.717) is 18.5 Å². The third kappa shape index (κ3) is 4.79. The standard InChI is InChI=1S/C17H24F2N2O5/c1-3-14(22)12-6-4-5-7-20(12)10-11-8-15(25-2)16(26-17(18)19)9-13(11)21(23)24/h8-9,12,14,17,22H,3-7,10H2,1-2H3. The molecule has 2 atom stereocenters. The first kappa shape index (κ1) is 20.3. The van der Waals surface area contributed by atoms with Crippen LogP contribution in [0.2, 0.25) is 0 Å². The number of alkyl halides is 2. The van der Waals surface area contributed by atoms with Crippen LogP contribution in [0.1, 0.15) is 38.2 Å². The Morgan fingerprint density at radius 1 is 1.38 bits per heavy atom. The molecule has 26 heavy (non-hydrogen) atoms. The summed E-state index contributed by atoms with van der Waals surface area (Å²) in [7, 11) is 1.29. The largest absolute Gasteiger partial charge is 0.493 e. The number of ether oxygens (including phenoxy) is 2. The average molecular weight is 374 g/mol. The number of methoxy groups -OCH3 is 1. The van der Waals surface area contributed by atoms with Crippen molar-refractivity contribution < 1.29 is 28.3 Å². The number of aliphatic hydroxyl groups is 1. The minimum atomic E-state index is -3.11. The van der Waals surface area contributed by atoms with Crippen LogP contribution in [0.3, 0.4) is 0 Å². The third-order valence-corrected chi connectivity index (χ3v) is 4.68. The molecule has 1 saturated heterocycles. The molecule has 7 nitrogen and oxygen atoms in total. The molecule has 0 radical (unpaired) electrons. The number of nitro benzene ring substituents is 1. The Balaban J connectivity index is 2.35. The molecular formula is C17H24F2N2O5. The maximum Gasteiger partial charge on any atom is 0.387 e. The Hall–Kier alpha value is -2.00. The highest BCUT2D eigenvalue weighted by molar-refractivity contribution is 5.54. The maximum atomic E-state index is 12.5.